The van der Waals surface area contributed by atoms with E-state index in [2.05, 4.69) is 11.8 Å². The minimum atomic E-state index is -0.762. The fraction of sp³-hybridized carbons (Fsp3) is 0.800. The van der Waals surface area contributed by atoms with Gasteiger partial charge in [0.15, 0.2) is 5.60 Å². The number of aliphatic carboxylic acids is 1. The van der Waals surface area contributed by atoms with Gasteiger partial charge in [0.2, 0.25) is 0 Å². The first-order valence-electron chi connectivity index (χ1n) is 7.13. The van der Waals surface area contributed by atoms with Crippen LogP contribution in [0.4, 0.5) is 0 Å². The summed E-state index contributed by atoms with van der Waals surface area (Å²) in [4.78, 5) is 13.5. The summed E-state index contributed by atoms with van der Waals surface area (Å²) in [6.07, 6.45) is 1.91. The Morgan fingerprint density at radius 2 is 2.20 bits per heavy atom. The third-order valence-electron chi connectivity index (χ3n) is 4.06. The molecule has 2 rings (SSSR count). The maximum atomic E-state index is 11.5. The second-order valence-corrected chi connectivity index (χ2v) is 5.88. The van der Waals surface area contributed by atoms with Crippen LogP contribution in [-0.4, -0.2) is 60.5 Å². The van der Waals surface area contributed by atoms with Crippen LogP contribution in [0.25, 0.3) is 0 Å². The molecule has 0 spiro atoms. The quantitative estimate of drug-likeness (QED) is 0.778. The predicted octanol–water partition coefficient (Wildman–Crippen LogP) is 0.979. The summed E-state index contributed by atoms with van der Waals surface area (Å²) in [7, 11) is 1.64. The van der Waals surface area contributed by atoms with E-state index in [1.807, 2.05) is 18.7 Å². The van der Waals surface area contributed by atoms with Crippen LogP contribution in [0, 0.1) is 17.8 Å². The Hall–Kier alpha value is -1.09. The Labute approximate surface area is 120 Å². The van der Waals surface area contributed by atoms with Crippen LogP contribution in [0.1, 0.15) is 26.7 Å². The number of likely N-dealkylation sites (tertiary alicyclic amines) is 1. The number of rotatable bonds is 4. The molecule has 1 N–H and O–H groups in total. The van der Waals surface area contributed by atoms with Crippen molar-refractivity contribution in [3.63, 3.8) is 0 Å². The molecule has 0 aromatic heterocycles. The minimum Gasteiger partial charge on any atom is -0.480 e. The van der Waals surface area contributed by atoms with Crippen molar-refractivity contribution in [1.82, 2.24) is 4.90 Å². The van der Waals surface area contributed by atoms with Gasteiger partial charge in [0.25, 0.3) is 0 Å². The molecular weight excluding hydrogens is 258 g/mol. The highest BCUT2D eigenvalue weighted by Gasteiger charge is 2.39. The van der Waals surface area contributed by atoms with Gasteiger partial charge in [0.1, 0.15) is 6.04 Å². The molecule has 2 atom stereocenters. The van der Waals surface area contributed by atoms with E-state index < -0.39 is 17.6 Å². The van der Waals surface area contributed by atoms with Crippen molar-refractivity contribution in [2.45, 2.75) is 44.4 Å². The van der Waals surface area contributed by atoms with Crippen LogP contribution in [-0.2, 0) is 14.3 Å². The molecule has 0 aromatic rings. The van der Waals surface area contributed by atoms with Crippen LogP contribution in [0.2, 0.25) is 0 Å². The zero-order chi connectivity index (χ0) is 14.8. The summed E-state index contributed by atoms with van der Waals surface area (Å²) in [5.74, 6) is 5.68. The Kier molecular flexibility index (Phi) is 4.69. The van der Waals surface area contributed by atoms with Gasteiger partial charge in [-0.2, -0.15) is 0 Å². The Balaban J connectivity index is 2.11. The van der Waals surface area contributed by atoms with Crippen LogP contribution in [0.3, 0.4) is 0 Å². The highest BCUT2D eigenvalue weighted by atomic mass is 16.6. The lowest BCUT2D eigenvalue weighted by molar-refractivity contribution is -0.159. The molecule has 5 heteroatoms. The summed E-state index contributed by atoms with van der Waals surface area (Å²) in [5, 5.41) is 9.42. The van der Waals surface area contributed by atoms with Gasteiger partial charge in [-0.25, -0.2) is 0 Å². The zero-order valence-electron chi connectivity index (χ0n) is 12.4. The van der Waals surface area contributed by atoms with Crippen molar-refractivity contribution in [3.8, 4) is 11.8 Å². The predicted molar refractivity (Wildman–Crippen MR) is 74.3 cm³/mol. The van der Waals surface area contributed by atoms with Gasteiger partial charge in [-0.1, -0.05) is 25.7 Å². The smallest absolute Gasteiger partial charge is 0.321 e. The van der Waals surface area contributed by atoms with Gasteiger partial charge in [-0.15, -0.1) is 0 Å². The third kappa shape index (κ3) is 2.98. The van der Waals surface area contributed by atoms with Crippen LogP contribution in [0.5, 0.6) is 0 Å². The van der Waals surface area contributed by atoms with E-state index in [0.717, 1.165) is 19.4 Å². The van der Waals surface area contributed by atoms with E-state index >= 15 is 0 Å². The van der Waals surface area contributed by atoms with Crippen molar-refractivity contribution < 1.29 is 19.4 Å². The molecule has 2 aliphatic rings. The molecular formula is C15H23NO4. The monoisotopic (exact) mass is 281 g/mol. The number of hydrogen-bond donors (Lipinski definition) is 1. The fourth-order valence-electron chi connectivity index (χ4n) is 2.83. The Morgan fingerprint density at radius 1 is 1.50 bits per heavy atom. The highest BCUT2D eigenvalue weighted by molar-refractivity contribution is 5.74. The zero-order valence-corrected chi connectivity index (χ0v) is 12.4. The highest BCUT2D eigenvalue weighted by Crippen LogP contribution is 2.25. The molecule has 0 aromatic carbocycles. The van der Waals surface area contributed by atoms with Crippen LogP contribution >= 0.6 is 0 Å². The largest absolute Gasteiger partial charge is 0.480 e. The molecule has 20 heavy (non-hydrogen) atoms. The Bertz CT molecular complexity index is 414. The van der Waals surface area contributed by atoms with Gasteiger partial charge in [0, 0.05) is 13.7 Å². The number of methoxy groups -OCH3 is 1. The molecule has 0 aliphatic carbocycles. The van der Waals surface area contributed by atoms with E-state index in [9.17, 15) is 9.90 Å². The van der Waals surface area contributed by atoms with Crippen molar-refractivity contribution in [1.29, 1.82) is 0 Å². The molecule has 5 nitrogen and oxygen atoms in total. The third-order valence-corrected chi connectivity index (χ3v) is 4.06. The molecule has 0 amide bonds. The molecule has 112 valence electrons. The number of carbonyl (C=O) groups is 1. The van der Waals surface area contributed by atoms with Gasteiger partial charge in [-0.3, -0.25) is 9.69 Å². The van der Waals surface area contributed by atoms with Crippen molar-refractivity contribution in [2.24, 2.45) is 5.92 Å². The van der Waals surface area contributed by atoms with E-state index in [-0.39, 0.29) is 12.0 Å². The molecule has 2 saturated heterocycles. The second-order valence-electron chi connectivity index (χ2n) is 5.88. The molecule has 2 fully saturated rings. The van der Waals surface area contributed by atoms with E-state index in [1.54, 1.807) is 7.11 Å². The van der Waals surface area contributed by atoms with Gasteiger partial charge >= 0.3 is 5.97 Å². The van der Waals surface area contributed by atoms with Gasteiger partial charge in [0.05, 0.1) is 19.3 Å². The first kappa shape index (κ1) is 15.3. The number of nitrogens with zero attached hydrogens (tertiary/aromatic N) is 1. The molecule has 2 aliphatic heterocycles. The van der Waals surface area contributed by atoms with Crippen molar-refractivity contribution in [2.75, 3.05) is 26.9 Å². The number of ether oxygens (including phenoxy) is 2. The molecule has 2 heterocycles. The number of carboxylic acid groups (broad SMARTS) is 1. The summed E-state index contributed by atoms with van der Waals surface area (Å²) < 4.78 is 10.6. The topological polar surface area (TPSA) is 59.0 Å². The number of carboxylic acids is 1. The average molecular weight is 281 g/mol. The average Bonchev–Trinajstić information content (AvgIpc) is 2.76. The Morgan fingerprint density at radius 3 is 2.65 bits per heavy atom. The van der Waals surface area contributed by atoms with Crippen LogP contribution in [0.15, 0.2) is 0 Å². The van der Waals surface area contributed by atoms with E-state index in [4.69, 9.17) is 9.47 Å². The second kappa shape index (κ2) is 6.13. The summed E-state index contributed by atoms with van der Waals surface area (Å²) >= 11 is 0. The van der Waals surface area contributed by atoms with Crippen molar-refractivity contribution in [3.05, 3.63) is 0 Å². The lowest BCUT2D eigenvalue weighted by atomic mass is 10.00. The maximum absolute atomic E-state index is 11.5. The molecule has 0 bridgehead atoms. The number of hydrogen-bond acceptors (Lipinski definition) is 4. The maximum Gasteiger partial charge on any atom is 0.321 e. The van der Waals surface area contributed by atoms with Crippen molar-refractivity contribution >= 4 is 5.97 Å². The summed E-state index contributed by atoms with van der Waals surface area (Å²) in [5.41, 5.74) is -0.481. The first-order valence-corrected chi connectivity index (χ1v) is 7.13. The SMILES string of the molecule is COC1(C#C[C@@H]2CCCN2[C@H](C(=O)O)C(C)C)COC1. The summed E-state index contributed by atoms with van der Waals surface area (Å²) in [6.45, 7) is 5.67. The standard InChI is InChI=1S/C15H23NO4/c1-11(2)13(14(17)18)16-8-4-5-12(16)6-7-15(19-3)9-20-10-15/h11-13H,4-5,8-10H2,1-3H3,(H,17,18)/t12-,13-/m0/s1. The molecule has 0 unspecified atom stereocenters. The fourth-order valence-corrected chi connectivity index (χ4v) is 2.83. The molecule has 0 radical (unpaired) electrons. The molecule has 0 saturated carbocycles. The van der Waals surface area contributed by atoms with E-state index in [0.29, 0.717) is 13.2 Å². The van der Waals surface area contributed by atoms with Gasteiger partial charge in [-0.05, 0) is 18.8 Å². The lowest BCUT2D eigenvalue weighted by Crippen LogP contribution is -2.50. The minimum absolute atomic E-state index is 0.00567. The normalized spacial score (nSPS) is 26.7. The van der Waals surface area contributed by atoms with Crippen LogP contribution < -0.4 is 0 Å². The first-order chi connectivity index (χ1) is 9.49. The van der Waals surface area contributed by atoms with E-state index in [1.165, 1.54) is 0 Å². The summed E-state index contributed by atoms with van der Waals surface area (Å²) in [6, 6.07) is -0.459. The van der Waals surface area contributed by atoms with Gasteiger partial charge < -0.3 is 14.6 Å². The lowest BCUT2D eigenvalue weighted by Gasteiger charge is -2.35.